The summed E-state index contributed by atoms with van der Waals surface area (Å²) >= 11 is 5.82. The summed E-state index contributed by atoms with van der Waals surface area (Å²) in [5.74, 6) is 1.17. The fraction of sp³-hybridized carbons (Fsp3) is 0.154. The van der Waals surface area contributed by atoms with Crippen molar-refractivity contribution in [1.82, 2.24) is 4.98 Å². The van der Waals surface area contributed by atoms with Gasteiger partial charge in [-0.1, -0.05) is 23.7 Å². The van der Waals surface area contributed by atoms with E-state index in [2.05, 4.69) is 4.98 Å². The number of nitrogen functional groups attached to an aromatic ring is 1. The second-order valence-corrected chi connectivity index (χ2v) is 4.32. The molecule has 2 rings (SSSR count). The maximum absolute atomic E-state index is 5.82. The van der Waals surface area contributed by atoms with Crippen molar-refractivity contribution in [2.45, 2.75) is 13.8 Å². The number of hydrogen-bond donors (Lipinski definition) is 1. The molecule has 0 saturated heterocycles. The fourth-order valence-electron chi connectivity index (χ4n) is 1.47. The number of hydrogen-bond acceptors (Lipinski definition) is 3. The number of ether oxygens (including phenoxy) is 1. The van der Waals surface area contributed by atoms with Gasteiger partial charge in [-0.3, -0.25) is 0 Å². The third-order valence-corrected chi connectivity index (χ3v) is 2.54. The molecule has 1 heterocycles. The predicted octanol–water partition coefficient (Wildman–Crippen LogP) is 3.73. The lowest BCUT2D eigenvalue weighted by Gasteiger charge is -2.09. The van der Waals surface area contributed by atoms with Crippen molar-refractivity contribution < 1.29 is 4.74 Å². The molecule has 0 fully saturated rings. The van der Waals surface area contributed by atoms with Gasteiger partial charge in [-0.15, -0.1) is 0 Å². The van der Waals surface area contributed by atoms with Crippen LogP contribution >= 0.6 is 11.6 Å². The van der Waals surface area contributed by atoms with Gasteiger partial charge in [0.2, 0.25) is 5.88 Å². The van der Waals surface area contributed by atoms with Gasteiger partial charge in [0.1, 0.15) is 10.9 Å². The molecule has 2 N–H and O–H groups in total. The van der Waals surface area contributed by atoms with Crippen molar-refractivity contribution in [3.8, 4) is 11.6 Å². The number of nitrogens with zero attached hydrogens (tertiary/aromatic N) is 1. The van der Waals surface area contributed by atoms with Crippen LogP contribution in [0, 0.1) is 13.8 Å². The van der Waals surface area contributed by atoms with Crippen LogP contribution in [0.5, 0.6) is 11.6 Å². The molecule has 0 bridgehead atoms. The first kappa shape index (κ1) is 11.7. The Bertz CT molecular complexity index is 535. The van der Waals surface area contributed by atoms with Gasteiger partial charge in [0, 0.05) is 11.8 Å². The van der Waals surface area contributed by atoms with Crippen molar-refractivity contribution >= 4 is 17.3 Å². The van der Waals surface area contributed by atoms with E-state index in [0.29, 0.717) is 16.7 Å². The zero-order valence-corrected chi connectivity index (χ0v) is 10.5. The van der Waals surface area contributed by atoms with E-state index in [-0.39, 0.29) is 0 Å². The van der Waals surface area contributed by atoms with Crippen LogP contribution in [0.1, 0.15) is 11.1 Å². The minimum Gasteiger partial charge on any atom is -0.439 e. The maximum atomic E-state index is 5.82. The number of pyridine rings is 1. The van der Waals surface area contributed by atoms with Gasteiger partial charge >= 0.3 is 0 Å². The number of benzene rings is 1. The molecule has 0 amide bonds. The average molecular weight is 249 g/mol. The first-order valence-electron chi connectivity index (χ1n) is 5.23. The SMILES string of the molecule is Cc1ccc(C)c(Oc2cc(N)cc(Cl)n2)c1. The molecule has 0 aliphatic rings. The minimum atomic E-state index is 0.324. The van der Waals surface area contributed by atoms with Crippen molar-refractivity contribution in [2.75, 3.05) is 5.73 Å². The van der Waals surface area contributed by atoms with E-state index in [9.17, 15) is 0 Å². The van der Waals surface area contributed by atoms with Crippen LogP contribution in [0.25, 0.3) is 0 Å². The predicted molar refractivity (Wildman–Crippen MR) is 69.6 cm³/mol. The van der Waals surface area contributed by atoms with Crippen molar-refractivity contribution in [3.63, 3.8) is 0 Å². The van der Waals surface area contributed by atoms with Crippen LogP contribution in [0.15, 0.2) is 30.3 Å². The van der Waals surface area contributed by atoms with Crippen LogP contribution < -0.4 is 10.5 Å². The monoisotopic (exact) mass is 248 g/mol. The summed E-state index contributed by atoms with van der Waals surface area (Å²) in [5.41, 5.74) is 8.37. The Morgan fingerprint density at radius 2 is 1.94 bits per heavy atom. The van der Waals surface area contributed by atoms with E-state index < -0.39 is 0 Å². The zero-order valence-electron chi connectivity index (χ0n) is 9.70. The number of rotatable bonds is 2. The van der Waals surface area contributed by atoms with Crippen molar-refractivity contribution in [1.29, 1.82) is 0 Å². The molecule has 1 aromatic carbocycles. The third kappa shape index (κ3) is 2.88. The van der Waals surface area contributed by atoms with Gasteiger partial charge in [0.05, 0.1) is 0 Å². The second-order valence-electron chi connectivity index (χ2n) is 3.93. The summed E-state index contributed by atoms with van der Waals surface area (Å²) in [6.45, 7) is 3.98. The lowest BCUT2D eigenvalue weighted by molar-refractivity contribution is 0.459. The molecule has 17 heavy (non-hydrogen) atoms. The normalized spacial score (nSPS) is 10.3. The minimum absolute atomic E-state index is 0.324. The number of aromatic nitrogens is 1. The van der Waals surface area contributed by atoms with Gasteiger partial charge in [0.15, 0.2) is 0 Å². The van der Waals surface area contributed by atoms with Crippen LogP contribution in [0.2, 0.25) is 5.15 Å². The fourth-order valence-corrected chi connectivity index (χ4v) is 1.68. The van der Waals surface area contributed by atoms with Gasteiger partial charge in [-0.2, -0.15) is 0 Å². The molecule has 0 saturated carbocycles. The number of aryl methyl sites for hydroxylation is 2. The highest BCUT2D eigenvalue weighted by molar-refractivity contribution is 6.29. The third-order valence-electron chi connectivity index (χ3n) is 2.35. The Morgan fingerprint density at radius 1 is 1.18 bits per heavy atom. The number of anilines is 1. The van der Waals surface area contributed by atoms with Crippen LogP contribution in [-0.4, -0.2) is 4.98 Å². The Hall–Kier alpha value is -1.74. The largest absolute Gasteiger partial charge is 0.439 e. The van der Waals surface area contributed by atoms with Crippen molar-refractivity contribution in [2.24, 2.45) is 0 Å². The Labute approximate surface area is 105 Å². The maximum Gasteiger partial charge on any atom is 0.222 e. The van der Waals surface area contributed by atoms with Gasteiger partial charge in [0.25, 0.3) is 0 Å². The molecular formula is C13H13ClN2O. The number of nitrogens with two attached hydrogens (primary N) is 1. The molecule has 3 nitrogen and oxygen atoms in total. The summed E-state index contributed by atoms with van der Waals surface area (Å²) in [4.78, 5) is 4.06. The molecule has 88 valence electrons. The number of halogens is 1. The molecule has 2 aromatic rings. The topological polar surface area (TPSA) is 48.1 Å². The zero-order chi connectivity index (χ0) is 12.4. The van der Waals surface area contributed by atoms with E-state index in [4.69, 9.17) is 22.1 Å². The van der Waals surface area contributed by atoms with Gasteiger partial charge in [-0.25, -0.2) is 4.98 Å². The summed E-state index contributed by atoms with van der Waals surface area (Å²) in [6.07, 6.45) is 0. The molecule has 4 heteroatoms. The van der Waals surface area contributed by atoms with Crippen LogP contribution in [0.3, 0.4) is 0 Å². The quantitative estimate of drug-likeness (QED) is 0.824. The van der Waals surface area contributed by atoms with E-state index >= 15 is 0 Å². The van der Waals surface area contributed by atoms with Crippen LogP contribution in [0.4, 0.5) is 5.69 Å². The van der Waals surface area contributed by atoms with Crippen LogP contribution in [-0.2, 0) is 0 Å². The molecule has 0 aliphatic heterocycles. The Kier molecular flexibility index (Phi) is 3.20. The van der Waals surface area contributed by atoms with E-state index in [1.807, 2.05) is 32.0 Å². The highest BCUT2D eigenvalue weighted by Crippen LogP contribution is 2.27. The van der Waals surface area contributed by atoms with Crippen molar-refractivity contribution in [3.05, 3.63) is 46.6 Å². The molecule has 0 atom stereocenters. The summed E-state index contributed by atoms with van der Waals surface area (Å²) < 4.78 is 5.68. The van der Waals surface area contributed by atoms with E-state index in [1.54, 1.807) is 12.1 Å². The Balaban J connectivity index is 2.34. The smallest absolute Gasteiger partial charge is 0.222 e. The van der Waals surface area contributed by atoms with E-state index in [1.165, 1.54) is 0 Å². The first-order chi connectivity index (χ1) is 8.04. The lowest BCUT2D eigenvalue weighted by atomic mass is 10.1. The van der Waals surface area contributed by atoms with Gasteiger partial charge in [-0.05, 0) is 37.1 Å². The molecule has 0 radical (unpaired) electrons. The molecule has 0 aliphatic carbocycles. The van der Waals surface area contributed by atoms with Gasteiger partial charge < -0.3 is 10.5 Å². The molecule has 0 spiro atoms. The molecule has 0 unspecified atom stereocenters. The summed E-state index contributed by atoms with van der Waals surface area (Å²) in [5, 5.41) is 0.324. The first-order valence-corrected chi connectivity index (χ1v) is 5.60. The summed E-state index contributed by atoms with van der Waals surface area (Å²) in [6, 6.07) is 9.21. The molecule has 1 aromatic heterocycles. The van der Waals surface area contributed by atoms with E-state index in [0.717, 1.165) is 16.9 Å². The summed E-state index contributed by atoms with van der Waals surface area (Å²) in [7, 11) is 0. The Morgan fingerprint density at radius 3 is 2.65 bits per heavy atom. The standard InChI is InChI=1S/C13H13ClN2O/c1-8-3-4-9(2)11(5-8)17-13-7-10(15)6-12(14)16-13/h3-7H,1-2H3,(H2,15,16). The highest BCUT2D eigenvalue weighted by atomic mass is 35.5. The highest BCUT2D eigenvalue weighted by Gasteiger charge is 2.05. The second kappa shape index (κ2) is 4.63. The molecular weight excluding hydrogens is 236 g/mol. The average Bonchev–Trinajstić information content (AvgIpc) is 2.22. The lowest BCUT2D eigenvalue weighted by Crippen LogP contribution is -1.93.